The zero-order chi connectivity index (χ0) is 16.4. The number of fused-ring (bicyclic) bond motifs is 1. The van der Waals surface area contributed by atoms with Crippen LogP contribution in [0.1, 0.15) is 36.3 Å². The number of imidazole rings is 1. The fourth-order valence-electron chi connectivity index (χ4n) is 3.19. The molecule has 0 fully saturated rings. The lowest BCUT2D eigenvalue weighted by Crippen LogP contribution is -2.42. The molecule has 0 bridgehead atoms. The normalized spacial score (nSPS) is 19.3. The summed E-state index contributed by atoms with van der Waals surface area (Å²) in [6.45, 7) is 4.58. The van der Waals surface area contributed by atoms with Crippen molar-refractivity contribution in [2.75, 3.05) is 5.75 Å². The highest BCUT2D eigenvalue weighted by Crippen LogP contribution is 2.19. The first-order valence-electron chi connectivity index (χ1n) is 8.00. The molecular formula is C17H23N3O2S. The lowest BCUT2D eigenvalue weighted by molar-refractivity contribution is 0.420. The van der Waals surface area contributed by atoms with E-state index < -0.39 is 10.0 Å². The molecule has 6 heteroatoms. The third-order valence-corrected chi connectivity index (χ3v) is 5.93. The summed E-state index contributed by atoms with van der Waals surface area (Å²) in [5.74, 6) is 1.14. The first-order valence-corrected chi connectivity index (χ1v) is 9.66. The molecule has 1 aliphatic rings. The summed E-state index contributed by atoms with van der Waals surface area (Å²) in [7, 11) is -3.31. The Morgan fingerprint density at radius 3 is 2.83 bits per heavy atom. The molecule has 0 saturated heterocycles. The topological polar surface area (TPSA) is 64.0 Å². The molecule has 23 heavy (non-hydrogen) atoms. The van der Waals surface area contributed by atoms with Gasteiger partial charge in [-0.1, -0.05) is 37.3 Å². The second kappa shape index (κ2) is 6.45. The summed E-state index contributed by atoms with van der Waals surface area (Å²) in [6.07, 6.45) is 3.60. The SMILES string of the molecule is Cc1cn2c(n1)CC[C@@H](NS(=O)(=O)C[C@H](C)c1ccccc1)C2. The van der Waals surface area contributed by atoms with Crippen molar-refractivity contribution in [2.24, 2.45) is 0 Å². The fourth-order valence-corrected chi connectivity index (χ4v) is 4.84. The Morgan fingerprint density at radius 1 is 1.35 bits per heavy atom. The highest BCUT2D eigenvalue weighted by molar-refractivity contribution is 7.89. The maximum atomic E-state index is 12.5. The van der Waals surface area contributed by atoms with Crippen molar-refractivity contribution in [3.8, 4) is 0 Å². The number of hydrogen-bond acceptors (Lipinski definition) is 3. The Labute approximate surface area is 137 Å². The number of aryl methyl sites for hydroxylation is 2. The van der Waals surface area contributed by atoms with Crippen molar-refractivity contribution in [3.05, 3.63) is 53.6 Å². The van der Waals surface area contributed by atoms with Crippen LogP contribution in [-0.2, 0) is 23.0 Å². The Bertz CT molecular complexity index is 768. The maximum Gasteiger partial charge on any atom is 0.212 e. The van der Waals surface area contributed by atoms with Crippen LogP contribution in [0.25, 0.3) is 0 Å². The molecule has 0 amide bonds. The monoisotopic (exact) mass is 333 g/mol. The molecule has 1 N–H and O–H groups in total. The van der Waals surface area contributed by atoms with Gasteiger partial charge in [-0.15, -0.1) is 0 Å². The van der Waals surface area contributed by atoms with Crippen molar-refractivity contribution < 1.29 is 8.42 Å². The van der Waals surface area contributed by atoms with E-state index in [0.29, 0.717) is 6.54 Å². The predicted octanol–water partition coefficient (Wildman–Crippen LogP) is 2.23. The van der Waals surface area contributed by atoms with Gasteiger partial charge in [-0.25, -0.2) is 18.1 Å². The standard InChI is InChI=1S/C17H23N3O2S/c1-13(15-6-4-3-5-7-15)12-23(21,22)19-16-8-9-17-18-14(2)10-20(17)11-16/h3-7,10,13,16,19H,8-9,11-12H2,1-2H3/t13-,16+/m0/s1. The van der Waals surface area contributed by atoms with Crippen molar-refractivity contribution >= 4 is 10.0 Å². The molecule has 5 nitrogen and oxygen atoms in total. The molecule has 2 atom stereocenters. The number of aromatic nitrogens is 2. The second-order valence-electron chi connectivity index (χ2n) is 6.40. The summed E-state index contributed by atoms with van der Waals surface area (Å²) in [5, 5.41) is 0. The Balaban J connectivity index is 1.63. The summed E-state index contributed by atoms with van der Waals surface area (Å²) in [6, 6.07) is 9.72. The van der Waals surface area contributed by atoms with Crippen LogP contribution in [0.2, 0.25) is 0 Å². The molecule has 0 radical (unpaired) electrons. The van der Waals surface area contributed by atoms with Gasteiger partial charge in [0.25, 0.3) is 0 Å². The molecule has 0 unspecified atom stereocenters. The van der Waals surface area contributed by atoms with Crippen LogP contribution in [-0.4, -0.2) is 29.8 Å². The van der Waals surface area contributed by atoms with E-state index >= 15 is 0 Å². The minimum Gasteiger partial charge on any atom is -0.333 e. The van der Waals surface area contributed by atoms with Crippen molar-refractivity contribution in [1.29, 1.82) is 0 Å². The number of rotatable bonds is 5. The molecule has 0 aliphatic carbocycles. The Kier molecular flexibility index (Phi) is 4.55. The molecule has 0 saturated carbocycles. The second-order valence-corrected chi connectivity index (χ2v) is 8.20. The van der Waals surface area contributed by atoms with Gasteiger partial charge in [-0.2, -0.15) is 0 Å². The van der Waals surface area contributed by atoms with Crippen LogP contribution in [0, 0.1) is 6.92 Å². The average molecular weight is 333 g/mol. The van der Waals surface area contributed by atoms with Crippen LogP contribution in [0.3, 0.4) is 0 Å². The molecule has 0 spiro atoms. The van der Waals surface area contributed by atoms with Crippen LogP contribution in [0.15, 0.2) is 36.5 Å². The maximum absolute atomic E-state index is 12.5. The minimum absolute atomic E-state index is 0.0247. The zero-order valence-electron chi connectivity index (χ0n) is 13.6. The van der Waals surface area contributed by atoms with Gasteiger partial charge in [-0.05, 0) is 24.8 Å². The predicted molar refractivity (Wildman–Crippen MR) is 90.9 cm³/mol. The van der Waals surface area contributed by atoms with E-state index in [1.54, 1.807) is 0 Å². The quantitative estimate of drug-likeness (QED) is 0.912. The first-order chi connectivity index (χ1) is 10.9. The van der Waals surface area contributed by atoms with E-state index in [-0.39, 0.29) is 17.7 Å². The van der Waals surface area contributed by atoms with Gasteiger partial charge >= 0.3 is 0 Å². The van der Waals surface area contributed by atoms with Crippen LogP contribution < -0.4 is 4.72 Å². The van der Waals surface area contributed by atoms with E-state index in [4.69, 9.17) is 0 Å². The van der Waals surface area contributed by atoms with E-state index in [2.05, 4.69) is 14.3 Å². The zero-order valence-corrected chi connectivity index (χ0v) is 14.4. The molecular weight excluding hydrogens is 310 g/mol. The van der Waals surface area contributed by atoms with E-state index in [9.17, 15) is 8.42 Å². The largest absolute Gasteiger partial charge is 0.333 e. The average Bonchev–Trinajstić information content (AvgIpc) is 2.86. The minimum atomic E-state index is -3.31. The van der Waals surface area contributed by atoms with Gasteiger partial charge in [0.1, 0.15) is 5.82 Å². The van der Waals surface area contributed by atoms with E-state index in [1.165, 1.54) is 0 Å². The summed E-state index contributed by atoms with van der Waals surface area (Å²) in [5.41, 5.74) is 2.04. The highest BCUT2D eigenvalue weighted by Gasteiger charge is 2.25. The summed E-state index contributed by atoms with van der Waals surface area (Å²) >= 11 is 0. The van der Waals surface area contributed by atoms with Crippen molar-refractivity contribution in [1.82, 2.24) is 14.3 Å². The van der Waals surface area contributed by atoms with Crippen molar-refractivity contribution in [2.45, 2.75) is 45.2 Å². The number of nitrogens with zero attached hydrogens (tertiary/aromatic N) is 2. The fraction of sp³-hybridized carbons (Fsp3) is 0.471. The van der Waals surface area contributed by atoms with Crippen molar-refractivity contribution in [3.63, 3.8) is 0 Å². The molecule has 2 heterocycles. The first kappa shape index (κ1) is 16.2. The van der Waals surface area contributed by atoms with Gasteiger partial charge in [0, 0.05) is 25.2 Å². The third-order valence-electron chi connectivity index (χ3n) is 4.30. The Morgan fingerprint density at radius 2 is 2.09 bits per heavy atom. The third kappa shape index (κ3) is 4.00. The highest BCUT2D eigenvalue weighted by atomic mass is 32.2. The molecule has 3 rings (SSSR count). The number of hydrogen-bond donors (Lipinski definition) is 1. The van der Waals surface area contributed by atoms with Crippen LogP contribution in [0.5, 0.6) is 0 Å². The summed E-state index contributed by atoms with van der Waals surface area (Å²) < 4.78 is 29.9. The molecule has 1 aliphatic heterocycles. The lowest BCUT2D eigenvalue weighted by Gasteiger charge is -2.25. The molecule has 2 aromatic rings. The smallest absolute Gasteiger partial charge is 0.212 e. The number of nitrogens with one attached hydrogen (secondary N) is 1. The number of benzene rings is 1. The van der Waals surface area contributed by atoms with Gasteiger partial charge < -0.3 is 4.57 Å². The van der Waals surface area contributed by atoms with Gasteiger partial charge in [0.15, 0.2) is 0 Å². The molecule has 124 valence electrons. The van der Waals surface area contributed by atoms with E-state index in [0.717, 1.165) is 29.9 Å². The van der Waals surface area contributed by atoms with Crippen LogP contribution in [0.4, 0.5) is 0 Å². The summed E-state index contributed by atoms with van der Waals surface area (Å²) in [4.78, 5) is 4.46. The van der Waals surface area contributed by atoms with Gasteiger partial charge in [-0.3, -0.25) is 0 Å². The van der Waals surface area contributed by atoms with Crippen LogP contribution >= 0.6 is 0 Å². The number of sulfonamides is 1. The molecule has 1 aromatic carbocycles. The van der Waals surface area contributed by atoms with Gasteiger partial charge in [0.05, 0.1) is 11.4 Å². The van der Waals surface area contributed by atoms with E-state index in [1.807, 2.05) is 50.4 Å². The van der Waals surface area contributed by atoms with Gasteiger partial charge in [0.2, 0.25) is 10.0 Å². The Hall–Kier alpha value is -1.66. The molecule has 1 aromatic heterocycles. The lowest BCUT2D eigenvalue weighted by atomic mass is 10.0.